The summed E-state index contributed by atoms with van der Waals surface area (Å²) in [5.74, 6) is -1.00. The van der Waals surface area contributed by atoms with E-state index in [2.05, 4.69) is 30.6 Å². The maximum absolute atomic E-state index is 11.7. The summed E-state index contributed by atoms with van der Waals surface area (Å²) >= 11 is 3.36. The number of benzene rings is 1. The summed E-state index contributed by atoms with van der Waals surface area (Å²) in [6, 6.07) is 11.5. The lowest BCUT2D eigenvalue weighted by Crippen LogP contribution is -2.06. The van der Waals surface area contributed by atoms with E-state index in [4.69, 9.17) is 0 Å². The first-order valence-electron chi connectivity index (χ1n) is 6.44. The average molecular weight is 359 g/mol. The Hall–Kier alpha value is -2.47. The van der Waals surface area contributed by atoms with Crippen molar-refractivity contribution in [3.05, 3.63) is 52.9 Å². The summed E-state index contributed by atoms with van der Waals surface area (Å²) < 4.78 is 5.05. The van der Waals surface area contributed by atoms with Crippen molar-refractivity contribution < 1.29 is 14.6 Å². The van der Waals surface area contributed by atoms with Crippen molar-refractivity contribution in [1.29, 1.82) is 0 Å². The molecule has 110 valence electrons. The van der Waals surface area contributed by atoms with Crippen LogP contribution in [0.15, 0.2) is 47.2 Å². The van der Waals surface area contributed by atoms with Gasteiger partial charge in [-0.1, -0.05) is 30.3 Å². The maximum Gasteiger partial charge on any atom is 0.360 e. The zero-order chi connectivity index (χ0) is 15.7. The highest BCUT2D eigenvalue weighted by atomic mass is 79.9. The van der Waals surface area contributed by atoms with Gasteiger partial charge in [-0.15, -0.1) is 0 Å². The molecule has 0 saturated carbocycles. The maximum atomic E-state index is 11.7. The number of aromatic hydroxyl groups is 1. The van der Waals surface area contributed by atoms with Crippen molar-refractivity contribution in [2.24, 2.45) is 0 Å². The van der Waals surface area contributed by atoms with Gasteiger partial charge in [0.15, 0.2) is 11.4 Å². The molecule has 0 spiro atoms. The van der Waals surface area contributed by atoms with E-state index in [1.54, 1.807) is 6.20 Å². The molecule has 0 saturated heterocycles. The van der Waals surface area contributed by atoms with E-state index in [0.29, 0.717) is 15.5 Å². The number of halogens is 1. The van der Waals surface area contributed by atoms with Gasteiger partial charge in [0.2, 0.25) is 0 Å². The quantitative estimate of drug-likeness (QED) is 0.560. The summed E-state index contributed by atoms with van der Waals surface area (Å²) in [7, 11) is 1.23. The largest absolute Gasteiger partial charge is 0.504 e. The molecule has 1 aromatic carbocycles. The first kappa shape index (κ1) is 14.5. The number of aromatic nitrogens is 2. The molecule has 0 fully saturated rings. The van der Waals surface area contributed by atoms with Crippen molar-refractivity contribution in [3.8, 4) is 16.9 Å². The molecule has 0 atom stereocenters. The zero-order valence-corrected chi connectivity index (χ0v) is 13.2. The van der Waals surface area contributed by atoms with Gasteiger partial charge < -0.3 is 9.84 Å². The van der Waals surface area contributed by atoms with Crippen molar-refractivity contribution in [1.82, 2.24) is 9.97 Å². The average Bonchev–Trinajstić information content (AvgIpc) is 2.57. The SMILES string of the molecule is COC(=O)c1nc(Br)c2c(-c3ccccc3)ccnc2c1O. The number of fused-ring (bicyclic) bond motifs is 1. The number of nitrogens with zero attached hydrogens (tertiary/aromatic N) is 2. The highest BCUT2D eigenvalue weighted by Crippen LogP contribution is 2.37. The third-order valence-corrected chi connectivity index (χ3v) is 3.85. The Morgan fingerprint density at radius 1 is 1.23 bits per heavy atom. The Balaban J connectivity index is 2.35. The van der Waals surface area contributed by atoms with Crippen LogP contribution in [0.25, 0.3) is 22.0 Å². The smallest absolute Gasteiger partial charge is 0.360 e. The molecular formula is C16H11BrN2O3. The summed E-state index contributed by atoms with van der Waals surface area (Å²) in [6.45, 7) is 0. The Kier molecular flexibility index (Phi) is 3.77. The minimum Gasteiger partial charge on any atom is -0.504 e. The van der Waals surface area contributed by atoms with Gasteiger partial charge in [-0.2, -0.15) is 0 Å². The molecule has 1 N–H and O–H groups in total. The van der Waals surface area contributed by atoms with Gasteiger partial charge in [0.05, 0.1) is 7.11 Å². The predicted octanol–water partition coefficient (Wildman–Crippen LogP) is 3.55. The molecule has 3 rings (SSSR count). The molecule has 0 radical (unpaired) electrons. The third-order valence-electron chi connectivity index (χ3n) is 3.28. The van der Waals surface area contributed by atoms with Gasteiger partial charge in [-0.05, 0) is 33.1 Å². The highest BCUT2D eigenvalue weighted by Gasteiger charge is 2.21. The van der Waals surface area contributed by atoms with Crippen LogP contribution in [0.4, 0.5) is 0 Å². The lowest BCUT2D eigenvalue weighted by molar-refractivity contribution is 0.0590. The molecule has 0 bridgehead atoms. The van der Waals surface area contributed by atoms with Crippen LogP contribution in [0.5, 0.6) is 5.75 Å². The number of pyridine rings is 2. The molecule has 2 aromatic heterocycles. The summed E-state index contributed by atoms with van der Waals surface area (Å²) in [4.78, 5) is 20.0. The van der Waals surface area contributed by atoms with Crippen LogP contribution in [0, 0.1) is 0 Å². The molecular weight excluding hydrogens is 348 g/mol. The molecule has 0 aliphatic heterocycles. The second-order valence-electron chi connectivity index (χ2n) is 4.54. The van der Waals surface area contributed by atoms with Gasteiger partial charge in [0.1, 0.15) is 10.1 Å². The fourth-order valence-corrected chi connectivity index (χ4v) is 2.85. The summed E-state index contributed by atoms with van der Waals surface area (Å²) in [5.41, 5.74) is 1.95. The first-order valence-corrected chi connectivity index (χ1v) is 7.23. The van der Waals surface area contributed by atoms with E-state index in [1.165, 1.54) is 7.11 Å². The Bertz CT molecular complexity index is 866. The van der Waals surface area contributed by atoms with E-state index >= 15 is 0 Å². The number of hydrogen-bond acceptors (Lipinski definition) is 5. The van der Waals surface area contributed by atoms with Gasteiger partial charge >= 0.3 is 5.97 Å². The van der Waals surface area contributed by atoms with Crippen LogP contribution in [-0.2, 0) is 4.74 Å². The molecule has 6 heteroatoms. The van der Waals surface area contributed by atoms with E-state index in [1.807, 2.05) is 36.4 Å². The van der Waals surface area contributed by atoms with E-state index in [-0.39, 0.29) is 11.4 Å². The number of carbonyl (C=O) groups is 1. The van der Waals surface area contributed by atoms with Crippen molar-refractivity contribution >= 4 is 32.8 Å². The number of esters is 1. The fraction of sp³-hybridized carbons (Fsp3) is 0.0625. The van der Waals surface area contributed by atoms with E-state index < -0.39 is 5.97 Å². The topological polar surface area (TPSA) is 72.3 Å². The normalized spacial score (nSPS) is 10.6. The Morgan fingerprint density at radius 2 is 1.95 bits per heavy atom. The van der Waals surface area contributed by atoms with Crippen molar-refractivity contribution in [2.75, 3.05) is 7.11 Å². The molecule has 22 heavy (non-hydrogen) atoms. The second-order valence-corrected chi connectivity index (χ2v) is 5.29. The lowest BCUT2D eigenvalue weighted by atomic mass is 10.0. The van der Waals surface area contributed by atoms with Crippen molar-refractivity contribution in [3.63, 3.8) is 0 Å². The standard InChI is InChI=1S/C16H11BrN2O3/c1-22-16(21)13-14(20)12-11(15(17)19-13)10(7-8-18-12)9-5-3-2-4-6-9/h2-8,20H,1H3. The molecule has 5 nitrogen and oxygen atoms in total. The van der Waals surface area contributed by atoms with Crippen molar-refractivity contribution in [2.45, 2.75) is 0 Å². The van der Waals surface area contributed by atoms with E-state index in [9.17, 15) is 9.90 Å². The minimum atomic E-state index is -0.716. The van der Waals surface area contributed by atoms with Gasteiger partial charge in [-0.25, -0.2) is 9.78 Å². The summed E-state index contributed by atoms with van der Waals surface area (Å²) in [6.07, 6.45) is 1.58. The number of hydrogen-bond donors (Lipinski definition) is 1. The van der Waals surface area contributed by atoms with Crippen LogP contribution < -0.4 is 0 Å². The highest BCUT2D eigenvalue weighted by molar-refractivity contribution is 9.10. The predicted molar refractivity (Wildman–Crippen MR) is 85.7 cm³/mol. The van der Waals surface area contributed by atoms with Gasteiger partial charge in [-0.3, -0.25) is 4.98 Å². The monoisotopic (exact) mass is 358 g/mol. The number of carbonyl (C=O) groups excluding carboxylic acids is 1. The van der Waals surface area contributed by atoms with E-state index in [0.717, 1.165) is 11.1 Å². The molecule has 3 aromatic rings. The molecule has 2 heterocycles. The number of methoxy groups -OCH3 is 1. The Morgan fingerprint density at radius 3 is 2.64 bits per heavy atom. The molecule has 0 unspecified atom stereocenters. The summed E-state index contributed by atoms with van der Waals surface area (Å²) in [5, 5.41) is 10.9. The molecule has 0 aliphatic rings. The third kappa shape index (κ3) is 2.31. The van der Waals surface area contributed by atoms with Crippen LogP contribution in [0.2, 0.25) is 0 Å². The van der Waals surface area contributed by atoms with Gasteiger partial charge in [0.25, 0.3) is 0 Å². The fourth-order valence-electron chi connectivity index (χ4n) is 2.27. The number of rotatable bonds is 2. The van der Waals surface area contributed by atoms with Crippen LogP contribution >= 0.6 is 15.9 Å². The second kappa shape index (κ2) is 5.73. The van der Waals surface area contributed by atoms with Crippen LogP contribution in [0.1, 0.15) is 10.5 Å². The van der Waals surface area contributed by atoms with Gasteiger partial charge in [0, 0.05) is 11.6 Å². The lowest BCUT2D eigenvalue weighted by Gasteiger charge is -2.11. The molecule has 0 amide bonds. The molecule has 0 aliphatic carbocycles. The van der Waals surface area contributed by atoms with Crippen LogP contribution in [0.3, 0.4) is 0 Å². The first-order chi connectivity index (χ1) is 10.6. The van der Waals surface area contributed by atoms with Crippen LogP contribution in [-0.4, -0.2) is 28.2 Å². The Labute approximate surface area is 134 Å². The number of ether oxygens (including phenoxy) is 1. The zero-order valence-electron chi connectivity index (χ0n) is 11.6. The minimum absolute atomic E-state index is 0.167.